The molecule has 25 heavy (non-hydrogen) atoms. The Morgan fingerprint density at radius 1 is 1.16 bits per heavy atom. The summed E-state index contributed by atoms with van der Waals surface area (Å²) < 4.78 is 5.58. The number of aromatic nitrogens is 2. The minimum Gasteiger partial charge on any atom is -0.466 e. The van der Waals surface area contributed by atoms with Crippen molar-refractivity contribution >= 4 is 40.1 Å². The molecule has 1 aromatic heterocycles. The molecule has 0 fully saturated rings. The van der Waals surface area contributed by atoms with E-state index < -0.39 is 0 Å². The largest absolute Gasteiger partial charge is 0.466 e. The van der Waals surface area contributed by atoms with Crippen LogP contribution in [0.15, 0.2) is 22.5 Å². The number of amides is 1. The van der Waals surface area contributed by atoms with Gasteiger partial charge in [-0.25, -0.2) is 0 Å². The van der Waals surface area contributed by atoms with Gasteiger partial charge in [0.05, 0.1) is 13.0 Å². The average molecular weight is 380 g/mol. The van der Waals surface area contributed by atoms with Gasteiger partial charge in [0.25, 0.3) is 0 Å². The van der Waals surface area contributed by atoms with Gasteiger partial charge in [0, 0.05) is 12.2 Å². The Morgan fingerprint density at radius 3 is 2.56 bits per heavy atom. The van der Waals surface area contributed by atoms with Gasteiger partial charge in [-0.15, -0.1) is 10.2 Å². The van der Waals surface area contributed by atoms with E-state index in [0.29, 0.717) is 11.7 Å². The van der Waals surface area contributed by atoms with E-state index in [0.717, 1.165) is 10.1 Å². The predicted octanol–water partition coefficient (Wildman–Crippen LogP) is 3.73. The fourth-order valence-corrected chi connectivity index (χ4v) is 3.94. The summed E-state index contributed by atoms with van der Waals surface area (Å²) in [6, 6.07) is 6.45. The molecule has 0 radical (unpaired) electrons. The first-order valence-electron chi connectivity index (χ1n) is 7.95. The van der Waals surface area contributed by atoms with E-state index in [9.17, 15) is 9.59 Å². The summed E-state index contributed by atoms with van der Waals surface area (Å²) in [6.07, 6.45) is 0.135. The summed E-state index contributed by atoms with van der Waals surface area (Å²) in [6.45, 7) is 6.21. The Labute approximate surface area is 155 Å². The molecule has 0 saturated carbocycles. The van der Waals surface area contributed by atoms with Crippen LogP contribution in [-0.4, -0.2) is 28.7 Å². The number of esters is 1. The van der Waals surface area contributed by atoms with E-state index >= 15 is 0 Å². The molecule has 2 aromatic rings. The third kappa shape index (κ3) is 6.83. The molecule has 1 aromatic carbocycles. The van der Waals surface area contributed by atoms with Crippen LogP contribution in [0, 0.1) is 13.8 Å². The molecule has 6 nitrogen and oxygen atoms in total. The van der Waals surface area contributed by atoms with Crippen LogP contribution in [0.3, 0.4) is 0 Å². The average Bonchev–Trinajstić information content (AvgIpc) is 2.98. The minimum absolute atomic E-state index is 0.0623. The highest BCUT2D eigenvalue weighted by Crippen LogP contribution is 2.28. The van der Waals surface area contributed by atoms with E-state index in [4.69, 9.17) is 4.74 Å². The summed E-state index contributed by atoms with van der Waals surface area (Å²) in [5.74, 6) is 0.156. The maximum Gasteiger partial charge on any atom is 0.306 e. The number of thioether (sulfide) groups is 1. The van der Waals surface area contributed by atoms with Crippen LogP contribution in [0.5, 0.6) is 0 Å². The van der Waals surface area contributed by atoms with Crippen LogP contribution >= 0.6 is 23.1 Å². The Bertz CT molecular complexity index is 726. The molecular formula is C17H21N3O3S2. The summed E-state index contributed by atoms with van der Waals surface area (Å²) in [4.78, 5) is 23.0. The summed E-state index contributed by atoms with van der Waals surface area (Å²) in [5.41, 5.74) is 3.71. The summed E-state index contributed by atoms with van der Waals surface area (Å²) in [5, 5.41) is 11.1. The lowest BCUT2D eigenvalue weighted by atomic mass is 10.1. The molecule has 1 amide bonds. The molecule has 0 saturated heterocycles. The van der Waals surface area contributed by atoms with Crippen LogP contribution in [0.2, 0.25) is 0 Å². The number of nitrogens with one attached hydrogen (secondary N) is 1. The Morgan fingerprint density at radius 2 is 1.88 bits per heavy atom. The predicted molar refractivity (Wildman–Crippen MR) is 99.9 cm³/mol. The maximum atomic E-state index is 11.8. The van der Waals surface area contributed by atoms with Gasteiger partial charge >= 0.3 is 5.97 Å². The van der Waals surface area contributed by atoms with Gasteiger partial charge < -0.3 is 10.1 Å². The Kier molecular flexibility index (Phi) is 7.39. The van der Waals surface area contributed by atoms with E-state index in [1.165, 1.54) is 28.0 Å². The zero-order chi connectivity index (χ0) is 18.2. The molecule has 1 N–H and O–H groups in total. The molecular weight excluding hydrogens is 358 g/mol. The zero-order valence-corrected chi connectivity index (χ0v) is 16.1. The SMILES string of the molecule is CCOC(=O)CCC(=O)Nc1nnc(SCc2cc(C)cc(C)c2)s1. The van der Waals surface area contributed by atoms with Crippen LogP contribution in [0.25, 0.3) is 0 Å². The zero-order valence-electron chi connectivity index (χ0n) is 14.5. The van der Waals surface area contributed by atoms with Gasteiger partial charge in [-0.3, -0.25) is 9.59 Å². The van der Waals surface area contributed by atoms with Gasteiger partial charge in [0.15, 0.2) is 4.34 Å². The number of carbonyl (C=O) groups is 2. The number of hydrogen-bond acceptors (Lipinski definition) is 7. The smallest absolute Gasteiger partial charge is 0.306 e. The molecule has 0 aliphatic heterocycles. The van der Waals surface area contributed by atoms with Gasteiger partial charge in [-0.1, -0.05) is 52.4 Å². The molecule has 2 rings (SSSR count). The van der Waals surface area contributed by atoms with Crippen LogP contribution in [0.4, 0.5) is 5.13 Å². The maximum absolute atomic E-state index is 11.8. The quantitative estimate of drug-likeness (QED) is 0.428. The van der Waals surface area contributed by atoms with Crippen molar-refractivity contribution in [1.82, 2.24) is 10.2 Å². The van der Waals surface area contributed by atoms with Gasteiger partial charge in [0.1, 0.15) is 0 Å². The summed E-state index contributed by atoms with van der Waals surface area (Å²) in [7, 11) is 0. The molecule has 0 atom stereocenters. The lowest BCUT2D eigenvalue weighted by Crippen LogP contribution is -2.14. The molecule has 8 heteroatoms. The fourth-order valence-electron chi connectivity index (χ4n) is 2.25. The minimum atomic E-state index is -0.375. The number of ether oxygens (including phenoxy) is 1. The standard InChI is InChI=1S/C17H21N3O3S2/c1-4-23-15(22)6-5-14(21)18-16-19-20-17(25-16)24-10-13-8-11(2)7-12(3)9-13/h7-9H,4-6,10H2,1-3H3,(H,18,19,21). The van der Waals surface area contributed by atoms with Crippen LogP contribution < -0.4 is 5.32 Å². The first kappa shape index (κ1) is 19.4. The van der Waals surface area contributed by atoms with Crippen molar-refractivity contribution in [3.63, 3.8) is 0 Å². The second-order valence-corrected chi connectivity index (χ2v) is 7.71. The highest BCUT2D eigenvalue weighted by atomic mass is 32.2. The van der Waals surface area contributed by atoms with E-state index in [1.807, 2.05) is 0 Å². The van der Waals surface area contributed by atoms with Crippen molar-refractivity contribution in [3.05, 3.63) is 34.9 Å². The van der Waals surface area contributed by atoms with Crippen molar-refractivity contribution in [1.29, 1.82) is 0 Å². The third-order valence-electron chi connectivity index (χ3n) is 3.16. The lowest BCUT2D eigenvalue weighted by molar-refractivity contribution is -0.144. The number of hydrogen-bond donors (Lipinski definition) is 1. The van der Waals surface area contributed by atoms with Crippen LogP contribution in [0.1, 0.15) is 36.5 Å². The molecule has 0 aliphatic carbocycles. The Hall–Kier alpha value is -1.93. The number of anilines is 1. The van der Waals surface area contributed by atoms with Gasteiger partial charge in [0.2, 0.25) is 11.0 Å². The summed E-state index contributed by atoms with van der Waals surface area (Å²) >= 11 is 2.91. The molecule has 1 heterocycles. The number of rotatable bonds is 8. The molecule has 0 spiro atoms. The monoisotopic (exact) mass is 379 g/mol. The van der Waals surface area contributed by atoms with Crippen molar-refractivity contribution in [2.75, 3.05) is 11.9 Å². The van der Waals surface area contributed by atoms with Crippen molar-refractivity contribution in [3.8, 4) is 0 Å². The van der Waals surface area contributed by atoms with E-state index in [-0.39, 0.29) is 24.7 Å². The number of benzene rings is 1. The molecule has 0 unspecified atom stereocenters. The second kappa shape index (κ2) is 9.53. The second-order valence-electron chi connectivity index (χ2n) is 5.51. The number of carbonyl (C=O) groups excluding carboxylic acids is 2. The third-order valence-corrected chi connectivity index (χ3v) is 5.20. The highest BCUT2D eigenvalue weighted by Gasteiger charge is 2.11. The van der Waals surface area contributed by atoms with Crippen LogP contribution in [-0.2, 0) is 20.1 Å². The molecule has 0 bridgehead atoms. The van der Waals surface area contributed by atoms with Gasteiger partial charge in [-0.2, -0.15) is 0 Å². The van der Waals surface area contributed by atoms with Crippen molar-refractivity contribution in [2.24, 2.45) is 0 Å². The van der Waals surface area contributed by atoms with E-state index in [1.54, 1.807) is 18.7 Å². The Balaban J connectivity index is 1.81. The van der Waals surface area contributed by atoms with E-state index in [2.05, 4.69) is 47.6 Å². The normalized spacial score (nSPS) is 10.5. The molecule has 0 aliphatic rings. The first-order chi connectivity index (χ1) is 12.0. The number of nitrogens with zero attached hydrogens (tertiary/aromatic N) is 2. The topological polar surface area (TPSA) is 81.2 Å². The lowest BCUT2D eigenvalue weighted by Gasteiger charge is -2.03. The first-order valence-corrected chi connectivity index (χ1v) is 9.75. The highest BCUT2D eigenvalue weighted by molar-refractivity contribution is 8.00. The van der Waals surface area contributed by atoms with Crippen molar-refractivity contribution in [2.45, 2.75) is 43.7 Å². The van der Waals surface area contributed by atoms with Crippen molar-refractivity contribution < 1.29 is 14.3 Å². The number of aryl methyl sites for hydroxylation is 2. The van der Waals surface area contributed by atoms with Gasteiger partial charge in [-0.05, 0) is 26.3 Å². The fraction of sp³-hybridized carbons (Fsp3) is 0.412. The molecule has 134 valence electrons.